The third-order valence-electron chi connectivity index (χ3n) is 4.66. The maximum Gasteiger partial charge on any atom is 0.273 e. The number of aromatic nitrogens is 4. The van der Waals surface area contributed by atoms with Crippen molar-refractivity contribution in [3.8, 4) is 5.69 Å². The number of likely N-dealkylation sites (tertiary alicyclic amines) is 1. The minimum absolute atomic E-state index is 0.0369. The van der Waals surface area contributed by atoms with Crippen molar-refractivity contribution in [1.82, 2.24) is 24.9 Å². The van der Waals surface area contributed by atoms with E-state index in [1.54, 1.807) is 24.3 Å². The van der Waals surface area contributed by atoms with Crippen LogP contribution in [0, 0.1) is 0 Å². The lowest BCUT2D eigenvalue weighted by atomic mass is 10.2. The van der Waals surface area contributed by atoms with Gasteiger partial charge in [0.1, 0.15) is 17.7 Å². The molecule has 0 spiro atoms. The molecule has 1 fully saturated rings. The van der Waals surface area contributed by atoms with E-state index in [1.165, 1.54) is 17.2 Å². The van der Waals surface area contributed by atoms with Crippen molar-refractivity contribution >= 4 is 46.7 Å². The number of hydrogen-bond acceptors (Lipinski definition) is 6. The molecule has 9 nitrogen and oxygen atoms in total. The summed E-state index contributed by atoms with van der Waals surface area (Å²) >= 11 is 12.4. The molecule has 1 aliphatic rings. The minimum atomic E-state index is -1.00. The maximum absolute atomic E-state index is 13.3. The summed E-state index contributed by atoms with van der Waals surface area (Å²) in [7, 11) is 0. The van der Waals surface area contributed by atoms with Crippen LogP contribution in [0.3, 0.4) is 0 Å². The molecule has 0 radical (unpaired) electrons. The molecule has 1 saturated heterocycles. The van der Waals surface area contributed by atoms with Crippen LogP contribution in [0.4, 0.5) is 16.0 Å². The van der Waals surface area contributed by atoms with Crippen molar-refractivity contribution in [3.05, 3.63) is 57.8 Å². The molecular formula is C19H16Cl2FN7O2. The largest absolute Gasteiger partial charge is 0.364 e. The number of benzene rings is 1. The summed E-state index contributed by atoms with van der Waals surface area (Å²) in [5.41, 5.74) is 5.87. The molecule has 0 saturated carbocycles. The van der Waals surface area contributed by atoms with E-state index >= 15 is 0 Å². The van der Waals surface area contributed by atoms with Gasteiger partial charge >= 0.3 is 0 Å². The topological polar surface area (TPSA) is 119 Å². The Kier molecular flexibility index (Phi) is 5.75. The molecule has 1 aliphatic heterocycles. The van der Waals surface area contributed by atoms with E-state index in [2.05, 4.69) is 20.5 Å². The molecule has 3 heterocycles. The van der Waals surface area contributed by atoms with Gasteiger partial charge < -0.3 is 16.0 Å². The molecule has 3 N–H and O–H groups in total. The van der Waals surface area contributed by atoms with E-state index in [-0.39, 0.29) is 39.7 Å². The molecule has 2 amide bonds. The van der Waals surface area contributed by atoms with Gasteiger partial charge in [-0.25, -0.2) is 9.37 Å². The van der Waals surface area contributed by atoms with Crippen molar-refractivity contribution in [1.29, 1.82) is 0 Å². The fourth-order valence-electron chi connectivity index (χ4n) is 3.14. The van der Waals surface area contributed by atoms with Crippen molar-refractivity contribution in [2.45, 2.75) is 12.6 Å². The summed E-state index contributed by atoms with van der Waals surface area (Å²) in [6.45, 7) is 0.449. The Morgan fingerprint density at radius 1 is 1.16 bits per heavy atom. The monoisotopic (exact) mass is 463 g/mol. The van der Waals surface area contributed by atoms with Crippen molar-refractivity contribution in [3.63, 3.8) is 0 Å². The minimum Gasteiger partial charge on any atom is -0.364 e. The summed E-state index contributed by atoms with van der Waals surface area (Å²) in [5.74, 6) is -0.786. The highest BCUT2D eigenvalue weighted by atomic mass is 35.5. The summed E-state index contributed by atoms with van der Waals surface area (Å²) in [6.07, 6.45) is 0.689. The van der Waals surface area contributed by atoms with Gasteiger partial charge in [-0.3, -0.25) is 9.59 Å². The third kappa shape index (κ3) is 4.30. The van der Waals surface area contributed by atoms with E-state index in [0.717, 1.165) is 4.80 Å². The number of hydrogen-bond donors (Lipinski definition) is 2. The molecule has 3 aromatic rings. The number of para-hydroxylation sites is 1. The quantitative estimate of drug-likeness (QED) is 0.599. The summed E-state index contributed by atoms with van der Waals surface area (Å²) in [5, 5.41) is 11.7. The average molecular weight is 464 g/mol. The Bertz CT molecular complexity index is 1130. The van der Waals surface area contributed by atoms with Crippen LogP contribution in [0.25, 0.3) is 5.69 Å². The molecule has 31 heavy (non-hydrogen) atoms. The Morgan fingerprint density at radius 2 is 1.90 bits per heavy atom. The number of nitrogens with zero attached hydrogens (tertiary/aromatic N) is 5. The Labute approximate surface area is 185 Å². The van der Waals surface area contributed by atoms with E-state index in [0.29, 0.717) is 24.3 Å². The van der Waals surface area contributed by atoms with Gasteiger partial charge in [-0.05, 0) is 30.7 Å². The van der Waals surface area contributed by atoms with Gasteiger partial charge in [0.2, 0.25) is 0 Å². The number of halogens is 3. The zero-order valence-corrected chi connectivity index (χ0v) is 17.4. The van der Waals surface area contributed by atoms with Crippen LogP contribution < -0.4 is 11.1 Å². The molecule has 1 aromatic carbocycles. The lowest BCUT2D eigenvalue weighted by Crippen LogP contribution is -2.29. The van der Waals surface area contributed by atoms with Crippen LogP contribution in [0.15, 0.2) is 36.5 Å². The van der Waals surface area contributed by atoms with E-state index in [4.69, 9.17) is 28.9 Å². The zero-order valence-electron chi connectivity index (χ0n) is 15.9. The van der Waals surface area contributed by atoms with Crippen LogP contribution in [0.5, 0.6) is 0 Å². The van der Waals surface area contributed by atoms with E-state index in [1.807, 2.05) is 0 Å². The number of nitrogens with one attached hydrogen (secondary N) is 1. The van der Waals surface area contributed by atoms with Gasteiger partial charge in [0.05, 0.1) is 22.2 Å². The second kappa shape index (κ2) is 8.48. The number of rotatable bonds is 5. The third-order valence-corrected chi connectivity index (χ3v) is 5.27. The molecule has 160 valence electrons. The first-order valence-electron chi connectivity index (χ1n) is 9.21. The molecule has 4 rings (SSSR count). The van der Waals surface area contributed by atoms with Crippen LogP contribution in [-0.2, 0) is 0 Å². The Hall–Kier alpha value is -3.24. The van der Waals surface area contributed by atoms with E-state index in [9.17, 15) is 14.0 Å². The van der Waals surface area contributed by atoms with Crippen molar-refractivity contribution < 1.29 is 14.0 Å². The van der Waals surface area contributed by atoms with Crippen LogP contribution >= 0.6 is 23.2 Å². The van der Waals surface area contributed by atoms with Crippen LogP contribution in [-0.4, -0.2) is 56.0 Å². The highest BCUT2D eigenvalue weighted by Gasteiger charge is 2.27. The van der Waals surface area contributed by atoms with Gasteiger partial charge in [0.15, 0.2) is 11.5 Å². The molecule has 1 atom stereocenters. The smallest absolute Gasteiger partial charge is 0.273 e. The fraction of sp³-hybridized carbons (Fsp3) is 0.211. The SMILES string of the molecule is NC(=O)c1nn(-c2c(Cl)cccc2Cl)nc1Nc1ccc(C(=O)N2CC[C@@H](F)C2)cn1. The van der Waals surface area contributed by atoms with Gasteiger partial charge in [0, 0.05) is 12.7 Å². The number of alkyl halides is 1. The van der Waals surface area contributed by atoms with Gasteiger partial charge in [-0.2, -0.15) is 0 Å². The zero-order chi connectivity index (χ0) is 22.1. The van der Waals surface area contributed by atoms with Gasteiger partial charge in [0.25, 0.3) is 11.8 Å². The number of amides is 2. The second-order valence-electron chi connectivity index (χ2n) is 6.82. The highest BCUT2D eigenvalue weighted by molar-refractivity contribution is 6.37. The van der Waals surface area contributed by atoms with Crippen LogP contribution in [0.1, 0.15) is 27.3 Å². The maximum atomic E-state index is 13.3. The first kappa shape index (κ1) is 21.0. The first-order valence-corrected chi connectivity index (χ1v) is 9.97. The number of anilines is 2. The molecular weight excluding hydrogens is 448 g/mol. The summed E-state index contributed by atoms with van der Waals surface area (Å²) in [6, 6.07) is 7.94. The first-order chi connectivity index (χ1) is 14.8. The molecule has 2 aromatic heterocycles. The predicted molar refractivity (Wildman–Crippen MR) is 113 cm³/mol. The standard InChI is InChI=1S/C19H16Cl2FN7O2/c20-12-2-1-3-13(21)16(12)29-26-15(17(23)30)18(27-29)25-14-5-4-10(8-24-14)19(31)28-7-6-11(22)9-28/h1-5,8,11H,6-7,9H2,(H2,23,30)(H,24,25,27)/t11-/m1/s1. The Morgan fingerprint density at radius 3 is 2.48 bits per heavy atom. The molecule has 0 unspecified atom stereocenters. The lowest BCUT2D eigenvalue weighted by Gasteiger charge is -2.15. The highest BCUT2D eigenvalue weighted by Crippen LogP contribution is 2.28. The average Bonchev–Trinajstić information content (AvgIpc) is 3.34. The fourth-order valence-corrected chi connectivity index (χ4v) is 3.69. The molecule has 12 heteroatoms. The normalized spacial score (nSPS) is 15.8. The van der Waals surface area contributed by atoms with Crippen LogP contribution in [0.2, 0.25) is 10.0 Å². The molecule has 0 bridgehead atoms. The Balaban J connectivity index is 1.58. The number of carbonyl (C=O) groups is 2. The number of carbonyl (C=O) groups excluding carboxylic acids is 2. The number of primary amides is 1. The van der Waals surface area contributed by atoms with Crippen molar-refractivity contribution in [2.75, 3.05) is 18.4 Å². The van der Waals surface area contributed by atoms with Gasteiger partial charge in [-0.15, -0.1) is 15.0 Å². The second-order valence-corrected chi connectivity index (χ2v) is 7.63. The van der Waals surface area contributed by atoms with Crippen molar-refractivity contribution in [2.24, 2.45) is 5.73 Å². The number of nitrogens with two attached hydrogens (primary N) is 1. The van der Waals surface area contributed by atoms with E-state index < -0.39 is 12.1 Å². The molecule has 0 aliphatic carbocycles. The van der Waals surface area contributed by atoms with Gasteiger partial charge in [-0.1, -0.05) is 29.3 Å². The number of pyridine rings is 1. The summed E-state index contributed by atoms with van der Waals surface area (Å²) in [4.78, 5) is 31.0. The lowest BCUT2D eigenvalue weighted by molar-refractivity contribution is 0.0782. The predicted octanol–water partition coefficient (Wildman–Crippen LogP) is 3.00. The summed E-state index contributed by atoms with van der Waals surface area (Å²) < 4.78 is 13.3.